The molecule has 0 aromatic heterocycles. The molecule has 0 heterocycles. The van der Waals surface area contributed by atoms with Crippen molar-refractivity contribution in [2.45, 2.75) is 71.3 Å². The van der Waals surface area contributed by atoms with Crippen LogP contribution in [-0.2, 0) is 0 Å². The van der Waals surface area contributed by atoms with E-state index in [-0.39, 0.29) is 0 Å². The van der Waals surface area contributed by atoms with Gasteiger partial charge in [-0.1, -0.05) is 51.2 Å². The van der Waals surface area contributed by atoms with Crippen molar-refractivity contribution >= 4 is 0 Å². The van der Waals surface area contributed by atoms with Crippen LogP contribution in [0.2, 0.25) is 0 Å². The highest BCUT2D eigenvalue weighted by Crippen LogP contribution is 2.21. The molecule has 0 aliphatic heterocycles. The van der Waals surface area contributed by atoms with E-state index in [4.69, 9.17) is 11.5 Å². The summed E-state index contributed by atoms with van der Waals surface area (Å²) in [4.78, 5) is 0. The summed E-state index contributed by atoms with van der Waals surface area (Å²) in [6, 6.07) is 0.343. The average Bonchev–Trinajstić information content (AvgIpc) is 2.30. The van der Waals surface area contributed by atoms with Gasteiger partial charge >= 0.3 is 0 Å². The minimum absolute atomic E-state index is 0.343. The molecular weight excluding hydrogens is 208 g/mol. The summed E-state index contributed by atoms with van der Waals surface area (Å²) < 4.78 is 0. The zero-order valence-electron chi connectivity index (χ0n) is 11.9. The van der Waals surface area contributed by atoms with Gasteiger partial charge < -0.3 is 11.5 Å². The molecule has 17 heavy (non-hydrogen) atoms. The van der Waals surface area contributed by atoms with Crippen molar-refractivity contribution in [2.24, 2.45) is 17.4 Å². The Morgan fingerprint density at radius 1 is 1.18 bits per heavy atom. The molecule has 102 valence electrons. The molecule has 0 spiro atoms. The molecule has 0 aliphatic carbocycles. The SMILES string of the molecule is C=C(CN)CCCCC(CCCC)CC(C)N. The van der Waals surface area contributed by atoms with Gasteiger partial charge in [0.1, 0.15) is 0 Å². The van der Waals surface area contributed by atoms with Crippen LogP contribution in [0, 0.1) is 5.92 Å². The van der Waals surface area contributed by atoms with Gasteiger partial charge in [-0.3, -0.25) is 0 Å². The predicted molar refractivity (Wildman–Crippen MR) is 77.9 cm³/mol. The van der Waals surface area contributed by atoms with E-state index in [0.717, 1.165) is 12.3 Å². The van der Waals surface area contributed by atoms with E-state index < -0.39 is 0 Å². The van der Waals surface area contributed by atoms with Gasteiger partial charge in [0.15, 0.2) is 0 Å². The Kier molecular flexibility index (Phi) is 10.6. The Bertz CT molecular complexity index is 187. The van der Waals surface area contributed by atoms with Crippen molar-refractivity contribution in [3.05, 3.63) is 12.2 Å². The molecule has 2 atom stereocenters. The van der Waals surface area contributed by atoms with Gasteiger partial charge in [0.2, 0.25) is 0 Å². The van der Waals surface area contributed by atoms with E-state index in [2.05, 4.69) is 20.4 Å². The molecule has 0 fully saturated rings. The summed E-state index contributed by atoms with van der Waals surface area (Å²) in [6.07, 6.45) is 10.1. The molecule has 0 radical (unpaired) electrons. The van der Waals surface area contributed by atoms with Crippen LogP contribution in [0.4, 0.5) is 0 Å². The summed E-state index contributed by atoms with van der Waals surface area (Å²) in [5.74, 6) is 0.820. The van der Waals surface area contributed by atoms with Crippen LogP contribution in [0.3, 0.4) is 0 Å². The summed E-state index contributed by atoms with van der Waals surface area (Å²) in [6.45, 7) is 8.96. The lowest BCUT2D eigenvalue weighted by Gasteiger charge is -2.18. The second kappa shape index (κ2) is 10.8. The third-order valence-corrected chi connectivity index (χ3v) is 3.35. The van der Waals surface area contributed by atoms with Crippen LogP contribution in [0.15, 0.2) is 12.2 Å². The van der Waals surface area contributed by atoms with E-state index >= 15 is 0 Å². The standard InChI is InChI=1S/C15H32N2/c1-4-5-9-15(11-14(3)17)10-7-6-8-13(2)12-16/h14-15H,2,4-12,16-17H2,1,3H3. The van der Waals surface area contributed by atoms with Gasteiger partial charge in [0, 0.05) is 12.6 Å². The van der Waals surface area contributed by atoms with E-state index in [1.165, 1.54) is 50.5 Å². The van der Waals surface area contributed by atoms with Crippen molar-refractivity contribution < 1.29 is 0 Å². The van der Waals surface area contributed by atoms with Crippen molar-refractivity contribution in [1.82, 2.24) is 0 Å². The third kappa shape index (κ3) is 10.5. The van der Waals surface area contributed by atoms with Gasteiger partial charge in [-0.2, -0.15) is 0 Å². The van der Waals surface area contributed by atoms with E-state index in [0.29, 0.717) is 12.6 Å². The van der Waals surface area contributed by atoms with Crippen molar-refractivity contribution in [1.29, 1.82) is 0 Å². The lowest BCUT2D eigenvalue weighted by atomic mass is 9.90. The average molecular weight is 240 g/mol. The van der Waals surface area contributed by atoms with Crippen LogP contribution >= 0.6 is 0 Å². The summed E-state index contributed by atoms with van der Waals surface area (Å²) in [5, 5.41) is 0. The molecule has 2 unspecified atom stereocenters. The minimum atomic E-state index is 0.343. The fraction of sp³-hybridized carbons (Fsp3) is 0.867. The molecule has 0 bridgehead atoms. The van der Waals surface area contributed by atoms with E-state index in [1.807, 2.05) is 0 Å². The highest BCUT2D eigenvalue weighted by Gasteiger charge is 2.10. The highest BCUT2D eigenvalue weighted by molar-refractivity contribution is 4.94. The fourth-order valence-corrected chi connectivity index (χ4v) is 2.31. The van der Waals surface area contributed by atoms with E-state index in [9.17, 15) is 0 Å². The zero-order valence-corrected chi connectivity index (χ0v) is 11.9. The largest absolute Gasteiger partial charge is 0.328 e. The number of hydrogen-bond acceptors (Lipinski definition) is 2. The maximum absolute atomic E-state index is 5.91. The molecule has 2 nitrogen and oxygen atoms in total. The Morgan fingerprint density at radius 3 is 2.35 bits per heavy atom. The van der Waals surface area contributed by atoms with Crippen LogP contribution in [0.5, 0.6) is 0 Å². The molecule has 0 aromatic carbocycles. The molecule has 0 rings (SSSR count). The molecule has 0 aromatic rings. The number of hydrogen-bond donors (Lipinski definition) is 2. The predicted octanol–water partition coefficient (Wildman–Crippen LogP) is 3.61. The first kappa shape index (κ1) is 16.7. The fourth-order valence-electron chi connectivity index (χ4n) is 2.31. The van der Waals surface area contributed by atoms with Crippen LogP contribution in [0.25, 0.3) is 0 Å². The second-order valence-corrected chi connectivity index (χ2v) is 5.42. The van der Waals surface area contributed by atoms with Crippen molar-refractivity contribution in [3.63, 3.8) is 0 Å². The van der Waals surface area contributed by atoms with Gasteiger partial charge in [0.05, 0.1) is 0 Å². The third-order valence-electron chi connectivity index (χ3n) is 3.35. The lowest BCUT2D eigenvalue weighted by molar-refractivity contribution is 0.368. The Balaban J connectivity index is 3.70. The van der Waals surface area contributed by atoms with Crippen LogP contribution < -0.4 is 11.5 Å². The van der Waals surface area contributed by atoms with Gasteiger partial charge in [0.25, 0.3) is 0 Å². The first-order valence-electron chi connectivity index (χ1n) is 7.22. The smallest absolute Gasteiger partial charge is 0.0134 e. The summed E-state index contributed by atoms with van der Waals surface area (Å²) in [5.41, 5.74) is 12.6. The molecule has 0 amide bonds. The Labute approximate surface area is 108 Å². The van der Waals surface area contributed by atoms with Crippen molar-refractivity contribution in [2.75, 3.05) is 6.54 Å². The van der Waals surface area contributed by atoms with Gasteiger partial charge in [-0.05, 0) is 32.1 Å². The number of nitrogens with two attached hydrogens (primary N) is 2. The Morgan fingerprint density at radius 2 is 1.82 bits per heavy atom. The lowest BCUT2D eigenvalue weighted by Crippen LogP contribution is -2.19. The van der Waals surface area contributed by atoms with E-state index in [1.54, 1.807) is 0 Å². The van der Waals surface area contributed by atoms with Crippen LogP contribution in [0.1, 0.15) is 65.2 Å². The minimum Gasteiger partial charge on any atom is -0.328 e. The van der Waals surface area contributed by atoms with Gasteiger partial charge in [-0.25, -0.2) is 0 Å². The first-order valence-corrected chi connectivity index (χ1v) is 7.22. The molecule has 2 heteroatoms. The molecule has 0 aliphatic rings. The molecule has 4 N–H and O–H groups in total. The molecular formula is C15H32N2. The quantitative estimate of drug-likeness (QED) is 0.428. The number of unbranched alkanes of at least 4 members (excludes halogenated alkanes) is 2. The molecule has 0 saturated heterocycles. The topological polar surface area (TPSA) is 52.0 Å². The van der Waals surface area contributed by atoms with Crippen molar-refractivity contribution in [3.8, 4) is 0 Å². The zero-order chi connectivity index (χ0) is 13.1. The highest BCUT2D eigenvalue weighted by atomic mass is 14.6. The number of rotatable bonds is 11. The second-order valence-electron chi connectivity index (χ2n) is 5.42. The maximum atomic E-state index is 5.91. The normalized spacial score (nSPS) is 14.6. The summed E-state index contributed by atoms with van der Waals surface area (Å²) >= 11 is 0. The molecule has 0 saturated carbocycles. The maximum Gasteiger partial charge on any atom is 0.0134 e. The van der Waals surface area contributed by atoms with Crippen LogP contribution in [-0.4, -0.2) is 12.6 Å². The summed E-state index contributed by atoms with van der Waals surface area (Å²) in [7, 11) is 0. The first-order chi connectivity index (χ1) is 8.10. The Hall–Kier alpha value is -0.340. The monoisotopic (exact) mass is 240 g/mol. The van der Waals surface area contributed by atoms with Gasteiger partial charge in [-0.15, -0.1) is 0 Å².